The SMILES string of the molecule is CC(=O)Nc1cnn(CC(N)C(=O)O)c1. The lowest BCUT2D eigenvalue weighted by molar-refractivity contribution is -0.138. The first kappa shape index (κ1) is 11.2. The number of nitrogens with zero attached hydrogens (tertiary/aromatic N) is 2. The topological polar surface area (TPSA) is 110 Å². The maximum atomic E-state index is 10.7. The quantitative estimate of drug-likeness (QED) is 0.608. The molecule has 1 rings (SSSR count). The number of nitrogens with two attached hydrogens (primary N) is 1. The first-order chi connectivity index (χ1) is 6.99. The number of aliphatic carboxylic acids is 1. The molecule has 1 heterocycles. The summed E-state index contributed by atoms with van der Waals surface area (Å²) in [5.41, 5.74) is 5.83. The minimum atomic E-state index is -1.09. The van der Waals surface area contributed by atoms with E-state index in [1.165, 1.54) is 24.0 Å². The van der Waals surface area contributed by atoms with Gasteiger partial charge in [-0.3, -0.25) is 14.3 Å². The van der Waals surface area contributed by atoms with E-state index in [-0.39, 0.29) is 12.5 Å². The van der Waals surface area contributed by atoms with Crippen LogP contribution in [0.4, 0.5) is 5.69 Å². The summed E-state index contributed by atoms with van der Waals surface area (Å²) in [6, 6.07) is -1.00. The fraction of sp³-hybridized carbons (Fsp3) is 0.375. The van der Waals surface area contributed by atoms with Gasteiger partial charge < -0.3 is 16.2 Å². The molecule has 0 fully saturated rings. The van der Waals surface area contributed by atoms with Crippen molar-refractivity contribution < 1.29 is 14.7 Å². The lowest BCUT2D eigenvalue weighted by Crippen LogP contribution is -2.34. The van der Waals surface area contributed by atoms with Gasteiger partial charge in [0, 0.05) is 13.1 Å². The van der Waals surface area contributed by atoms with Gasteiger partial charge in [0.2, 0.25) is 5.91 Å². The van der Waals surface area contributed by atoms with E-state index < -0.39 is 12.0 Å². The van der Waals surface area contributed by atoms with E-state index in [4.69, 9.17) is 10.8 Å². The zero-order valence-corrected chi connectivity index (χ0v) is 8.17. The Kier molecular flexibility index (Phi) is 3.40. The number of aromatic nitrogens is 2. The molecule has 82 valence electrons. The number of hydrogen-bond donors (Lipinski definition) is 3. The van der Waals surface area contributed by atoms with Crippen LogP contribution < -0.4 is 11.1 Å². The Morgan fingerprint density at radius 2 is 2.40 bits per heavy atom. The summed E-state index contributed by atoms with van der Waals surface area (Å²) >= 11 is 0. The number of carbonyl (C=O) groups is 2. The Hall–Kier alpha value is -1.89. The van der Waals surface area contributed by atoms with Crippen LogP contribution in [-0.2, 0) is 16.1 Å². The highest BCUT2D eigenvalue weighted by Gasteiger charge is 2.12. The minimum absolute atomic E-state index is 0.0644. The molecule has 1 aromatic rings. The van der Waals surface area contributed by atoms with Gasteiger partial charge in [-0.05, 0) is 0 Å². The van der Waals surface area contributed by atoms with Gasteiger partial charge in [-0.25, -0.2) is 0 Å². The third-order valence-electron chi connectivity index (χ3n) is 1.65. The van der Waals surface area contributed by atoms with Crippen LogP contribution in [0.3, 0.4) is 0 Å². The van der Waals surface area contributed by atoms with Crippen molar-refractivity contribution in [3.05, 3.63) is 12.4 Å². The van der Waals surface area contributed by atoms with E-state index in [1.807, 2.05) is 0 Å². The molecule has 4 N–H and O–H groups in total. The number of carbonyl (C=O) groups excluding carboxylic acids is 1. The predicted molar refractivity (Wildman–Crippen MR) is 52.1 cm³/mol. The molecule has 1 atom stereocenters. The van der Waals surface area contributed by atoms with Crippen molar-refractivity contribution in [1.82, 2.24) is 9.78 Å². The van der Waals surface area contributed by atoms with Crippen LogP contribution in [0.2, 0.25) is 0 Å². The highest BCUT2D eigenvalue weighted by Crippen LogP contribution is 2.04. The fourth-order valence-electron chi connectivity index (χ4n) is 1.01. The van der Waals surface area contributed by atoms with Gasteiger partial charge >= 0.3 is 5.97 Å². The number of anilines is 1. The number of amides is 1. The Balaban J connectivity index is 2.60. The van der Waals surface area contributed by atoms with E-state index in [1.54, 1.807) is 0 Å². The fourth-order valence-corrected chi connectivity index (χ4v) is 1.01. The monoisotopic (exact) mass is 212 g/mol. The molecule has 0 radical (unpaired) electrons. The van der Waals surface area contributed by atoms with Gasteiger partial charge in [-0.1, -0.05) is 0 Å². The zero-order valence-electron chi connectivity index (χ0n) is 8.17. The second-order valence-corrected chi connectivity index (χ2v) is 3.08. The van der Waals surface area contributed by atoms with Gasteiger partial charge in [-0.15, -0.1) is 0 Å². The van der Waals surface area contributed by atoms with Crippen LogP contribution in [0.1, 0.15) is 6.92 Å². The van der Waals surface area contributed by atoms with Crippen LogP contribution in [0.5, 0.6) is 0 Å². The molecule has 7 heteroatoms. The molecule has 0 saturated heterocycles. The van der Waals surface area contributed by atoms with Crippen LogP contribution in [0.25, 0.3) is 0 Å². The van der Waals surface area contributed by atoms with Crippen molar-refractivity contribution in [1.29, 1.82) is 0 Å². The summed E-state index contributed by atoms with van der Waals surface area (Å²) in [6.07, 6.45) is 2.94. The molecule has 1 amide bonds. The maximum absolute atomic E-state index is 10.7. The minimum Gasteiger partial charge on any atom is -0.480 e. The van der Waals surface area contributed by atoms with Crippen LogP contribution >= 0.6 is 0 Å². The number of hydrogen-bond acceptors (Lipinski definition) is 4. The average Bonchev–Trinajstić information content (AvgIpc) is 2.51. The Morgan fingerprint density at radius 3 is 2.93 bits per heavy atom. The van der Waals surface area contributed by atoms with Gasteiger partial charge in [0.25, 0.3) is 0 Å². The molecule has 7 nitrogen and oxygen atoms in total. The van der Waals surface area contributed by atoms with E-state index in [9.17, 15) is 9.59 Å². The number of carboxylic acids is 1. The second-order valence-electron chi connectivity index (χ2n) is 3.08. The van der Waals surface area contributed by atoms with E-state index in [0.717, 1.165) is 0 Å². The number of rotatable bonds is 4. The summed E-state index contributed by atoms with van der Waals surface area (Å²) in [5.74, 6) is -1.30. The zero-order chi connectivity index (χ0) is 11.4. The molecule has 0 spiro atoms. The first-order valence-electron chi connectivity index (χ1n) is 4.27. The van der Waals surface area contributed by atoms with Gasteiger partial charge in [0.1, 0.15) is 6.04 Å². The summed E-state index contributed by atoms with van der Waals surface area (Å²) in [6.45, 7) is 1.44. The van der Waals surface area contributed by atoms with Crippen molar-refractivity contribution in [2.24, 2.45) is 5.73 Å². The molecule has 0 aliphatic heterocycles. The molecule has 15 heavy (non-hydrogen) atoms. The second kappa shape index (κ2) is 4.56. The number of carboxylic acid groups (broad SMARTS) is 1. The lowest BCUT2D eigenvalue weighted by Gasteiger charge is -2.05. The largest absolute Gasteiger partial charge is 0.480 e. The van der Waals surface area contributed by atoms with Crippen molar-refractivity contribution >= 4 is 17.6 Å². The van der Waals surface area contributed by atoms with E-state index in [0.29, 0.717) is 5.69 Å². The summed E-state index contributed by atoms with van der Waals surface area (Å²) in [4.78, 5) is 21.1. The Bertz CT molecular complexity index is 374. The van der Waals surface area contributed by atoms with Crippen molar-refractivity contribution in [2.45, 2.75) is 19.5 Å². The highest BCUT2D eigenvalue weighted by atomic mass is 16.4. The average molecular weight is 212 g/mol. The van der Waals surface area contributed by atoms with Gasteiger partial charge in [0.15, 0.2) is 0 Å². The third-order valence-corrected chi connectivity index (χ3v) is 1.65. The molecule has 0 bridgehead atoms. The third kappa shape index (κ3) is 3.39. The van der Waals surface area contributed by atoms with Crippen molar-refractivity contribution in [3.8, 4) is 0 Å². The van der Waals surface area contributed by atoms with Crippen LogP contribution in [-0.4, -0.2) is 32.8 Å². The van der Waals surface area contributed by atoms with Crippen molar-refractivity contribution in [2.75, 3.05) is 5.32 Å². The molecule has 0 aliphatic rings. The molecule has 0 aromatic carbocycles. The molecular weight excluding hydrogens is 200 g/mol. The van der Waals surface area contributed by atoms with E-state index in [2.05, 4.69) is 10.4 Å². The van der Waals surface area contributed by atoms with Crippen LogP contribution in [0, 0.1) is 0 Å². The molecule has 1 unspecified atom stereocenters. The Morgan fingerprint density at radius 1 is 1.73 bits per heavy atom. The molecule has 1 aromatic heterocycles. The molecule has 0 aliphatic carbocycles. The molecule has 0 saturated carbocycles. The molecular formula is C8H12N4O3. The first-order valence-corrected chi connectivity index (χ1v) is 4.27. The standard InChI is InChI=1S/C8H12N4O3/c1-5(13)11-6-2-10-12(3-6)4-7(9)8(14)15/h2-3,7H,4,9H2,1H3,(H,11,13)(H,14,15). The van der Waals surface area contributed by atoms with Crippen molar-refractivity contribution in [3.63, 3.8) is 0 Å². The van der Waals surface area contributed by atoms with Gasteiger partial charge in [-0.2, -0.15) is 5.10 Å². The van der Waals surface area contributed by atoms with Crippen LogP contribution in [0.15, 0.2) is 12.4 Å². The lowest BCUT2D eigenvalue weighted by atomic mass is 10.3. The Labute approximate surface area is 85.9 Å². The normalized spacial score (nSPS) is 12.1. The predicted octanol–water partition coefficient (Wildman–Crippen LogP) is -0.747. The maximum Gasteiger partial charge on any atom is 0.322 e. The van der Waals surface area contributed by atoms with E-state index >= 15 is 0 Å². The number of nitrogens with one attached hydrogen (secondary N) is 1. The summed E-state index contributed by atoms with van der Waals surface area (Å²) < 4.78 is 1.37. The highest BCUT2D eigenvalue weighted by molar-refractivity contribution is 5.88. The summed E-state index contributed by atoms with van der Waals surface area (Å²) in [5, 5.41) is 14.9. The van der Waals surface area contributed by atoms with Gasteiger partial charge in [0.05, 0.1) is 18.4 Å². The smallest absolute Gasteiger partial charge is 0.322 e. The summed E-state index contributed by atoms with van der Waals surface area (Å²) in [7, 11) is 0.